The van der Waals surface area contributed by atoms with Crippen LogP contribution in [0, 0.1) is 5.41 Å². The molecule has 4 nitrogen and oxygen atoms in total. The predicted molar refractivity (Wildman–Crippen MR) is 117 cm³/mol. The number of hydrogen-bond donors (Lipinski definition) is 1. The van der Waals surface area contributed by atoms with E-state index < -0.39 is 0 Å². The van der Waals surface area contributed by atoms with Gasteiger partial charge in [0.2, 0.25) is 5.91 Å². The van der Waals surface area contributed by atoms with Gasteiger partial charge in [-0.05, 0) is 80.3 Å². The Balaban J connectivity index is 1.53. The minimum Gasteiger partial charge on any atom is -0.381 e. The maximum absolute atomic E-state index is 11.2. The number of piperidine rings is 1. The monoisotopic (exact) mass is 400 g/mol. The number of carbonyl (C=O) groups is 1. The number of hydrogen-bond acceptors (Lipinski definition) is 4. The zero-order valence-electron chi connectivity index (χ0n) is 17.1. The van der Waals surface area contributed by atoms with Crippen LogP contribution in [0.15, 0.2) is 41.8 Å². The van der Waals surface area contributed by atoms with Crippen LogP contribution in [-0.2, 0) is 22.5 Å². The van der Waals surface area contributed by atoms with E-state index in [0.29, 0.717) is 5.41 Å². The fourth-order valence-electron chi connectivity index (χ4n) is 3.97. The second-order valence-corrected chi connectivity index (χ2v) is 8.90. The molecule has 28 heavy (non-hydrogen) atoms. The molecule has 0 aliphatic carbocycles. The van der Waals surface area contributed by atoms with Gasteiger partial charge in [-0.15, -0.1) is 11.3 Å². The van der Waals surface area contributed by atoms with Gasteiger partial charge in [0.1, 0.15) is 0 Å². The van der Waals surface area contributed by atoms with E-state index >= 15 is 0 Å². The fraction of sp³-hybridized carbons (Fsp3) is 0.522. The third-order valence-corrected chi connectivity index (χ3v) is 6.63. The molecule has 1 N–H and O–H groups in total. The van der Waals surface area contributed by atoms with E-state index in [2.05, 4.69) is 46.8 Å². The lowest BCUT2D eigenvalue weighted by Gasteiger charge is -2.42. The lowest BCUT2D eigenvalue weighted by Crippen LogP contribution is -2.42. The summed E-state index contributed by atoms with van der Waals surface area (Å²) in [5.74, 6) is -0.0306. The Kier molecular flexibility index (Phi) is 7.65. The third kappa shape index (κ3) is 6.16. The van der Waals surface area contributed by atoms with Crippen molar-refractivity contribution in [3.05, 3.63) is 52.2 Å². The molecule has 0 spiro atoms. The Hall–Kier alpha value is -1.69. The topological polar surface area (TPSA) is 41.6 Å². The molecule has 3 rings (SSSR count). The molecule has 152 valence electrons. The molecule has 0 atom stereocenters. The van der Waals surface area contributed by atoms with Crippen LogP contribution in [0.25, 0.3) is 0 Å². The highest BCUT2D eigenvalue weighted by molar-refractivity contribution is 7.09. The van der Waals surface area contributed by atoms with Gasteiger partial charge in [-0.3, -0.25) is 9.69 Å². The highest BCUT2D eigenvalue weighted by Crippen LogP contribution is 2.37. The molecule has 0 saturated carbocycles. The lowest BCUT2D eigenvalue weighted by molar-refractivity contribution is -0.114. The Morgan fingerprint density at radius 2 is 1.96 bits per heavy atom. The fourth-order valence-corrected chi connectivity index (χ4v) is 4.68. The summed E-state index contributed by atoms with van der Waals surface area (Å²) in [6.45, 7) is 8.51. The van der Waals surface area contributed by atoms with Gasteiger partial charge in [-0.2, -0.15) is 0 Å². The number of nitrogens with one attached hydrogen (secondary N) is 1. The van der Waals surface area contributed by atoms with Crippen LogP contribution in [0.2, 0.25) is 0 Å². The van der Waals surface area contributed by atoms with Gasteiger partial charge in [0.25, 0.3) is 0 Å². The second kappa shape index (κ2) is 10.2. The van der Waals surface area contributed by atoms with Crippen molar-refractivity contribution in [3.8, 4) is 0 Å². The van der Waals surface area contributed by atoms with Crippen LogP contribution in [0.3, 0.4) is 0 Å². The Labute approximate surface area is 172 Å². The lowest BCUT2D eigenvalue weighted by atomic mass is 9.75. The van der Waals surface area contributed by atoms with Gasteiger partial charge in [0.05, 0.1) is 6.61 Å². The molecule has 1 aliphatic rings. The first-order valence-corrected chi connectivity index (χ1v) is 11.2. The first-order chi connectivity index (χ1) is 13.6. The van der Waals surface area contributed by atoms with Gasteiger partial charge in [-0.1, -0.05) is 18.2 Å². The predicted octanol–water partition coefficient (Wildman–Crippen LogP) is 4.96. The number of ether oxygens (including phenoxy) is 1. The van der Waals surface area contributed by atoms with Gasteiger partial charge in [0, 0.05) is 30.6 Å². The summed E-state index contributed by atoms with van der Waals surface area (Å²) in [7, 11) is 0. The number of aryl methyl sites for hydroxylation is 1. The van der Waals surface area contributed by atoms with Gasteiger partial charge >= 0.3 is 0 Å². The molecule has 5 heteroatoms. The first kappa shape index (κ1) is 21.0. The van der Waals surface area contributed by atoms with E-state index in [-0.39, 0.29) is 5.91 Å². The number of carbonyl (C=O) groups excluding carboxylic acids is 1. The van der Waals surface area contributed by atoms with Crippen LogP contribution in [-0.4, -0.2) is 37.1 Å². The van der Waals surface area contributed by atoms with Crippen molar-refractivity contribution in [2.24, 2.45) is 5.41 Å². The van der Waals surface area contributed by atoms with Crippen LogP contribution in [0.1, 0.15) is 43.6 Å². The number of nitrogens with zero attached hydrogens (tertiary/aromatic N) is 1. The molecular formula is C23H32N2O2S. The van der Waals surface area contributed by atoms with Crippen LogP contribution >= 0.6 is 11.3 Å². The molecule has 2 heterocycles. The summed E-state index contributed by atoms with van der Waals surface area (Å²) >= 11 is 1.86. The Morgan fingerprint density at radius 3 is 2.57 bits per heavy atom. The van der Waals surface area contributed by atoms with Crippen LogP contribution < -0.4 is 5.32 Å². The summed E-state index contributed by atoms with van der Waals surface area (Å²) < 4.78 is 5.89. The second-order valence-electron chi connectivity index (χ2n) is 7.87. The molecule has 0 unspecified atom stereocenters. The van der Waals surface area contributed by atoms with Gasteiger partial charge < -0.3 is 10.1 Å². The molecule has 1 aromatic carbocycles. The number of amides is 1. The van der Waals surface area contributed by atoms with E-state index in [1.807, 2.05) is 23.5 Å². The normalized spacial score (nSPS) is 16.8. The molecule has 1 aromatic heterocycles. The number of thiophene rings is 1. The average Bonchev–Trinajstić information content (AvgIpc) is 3.21. The van der Waals surface area contributed by atoms with Crippen molar-refractivity contribution >= 4 is 22.9 Å². The van der Waals surface area contributed by atoms with Crippen LogP contribution in [0.5, 0.6) is 0 Å². The molecule has 1 aliphatic heterocycles. The van der Waals surface area contributed by atoms with Gasteiger partial charge in [-0.25, -0.2) is 0 Å². The van der Waals surface area contributed by atoms with E-state index in [0.717, 1.165) is 45.0 Å². The minimum absolute atomic E-state index is 0.0306. The molecule has 1 fully saturated rings. The highest BCUT2D eigenvalue weighted by Gasteiger charge is 2.34. The van der Waals surface area contributed by atoms with Crippen molar-refractivity contribution in [1.82, 2.24) is 4.90 Å². The van der Waals surface area contributed by atoms with Crippen molar-refractivity contribution in [1.29, 1.82) is 0 Å². The molecule has 1 saturated heterocycles. The number of anilines is 1. The molecule has 1 amide bonds. The van der Waals surface area contributed by atoms with E-state index in [1.54, 1.807) is 0 Å². The summed E-state index contributed by atoms with van der Waals surface area (Å²) in [6.07, 6.45) is 4.77. The highest BCUT2D eigenvalue weighted by atomic mass is 32.1. The average molecular weight is 401 g/mol. The maximum Gasteiger partial charge on any atom is 0.221 e. The number of benzene rings is 1. The molecule has 0 bridgehead atoms. The SMILES string of the molecule is CCOCC1(CCc2cccs2)CCN(Cc2ccc(NC(C)=O)cc2)CC1. The maximum atomic E-state index is 11.2. The summed E-state index contributed by atoms with van der Waals surface area (Å²) in [4.78, 5) is 15.2. The number of likely N-dealkylation sites (tertiary alicyclic amines) is 1. The molecular weight excluding hydrogens is 368 g/mol. The Bertz CT molecular complexity index is 720. The zero-order valence-corrected chi connectivity index (χ0v) is 17.9. The first-order valence-electron chi connectivity index (χ1n) is 10.3. The van der Waals surface area contributed by atoms with E-state index in [1.165, 1.54) is 36.6 Å². The largest absolute Gasteiger partial charge is 0.381 e. The van der Waals surface area contributed by atoms with E-state index in [4.69, 9.17) is 4.74 Å². The number of rotatable bonds is 9. The van der Waals surface area contributed by atoms with Crippen molar-refractivity contribution in [3.63, 3.8) is 0 Å². The van der Waals surface area contributed by atoms with Crippen molar-refractivity contribution in [2.75, 3.05) is 31.6 Å². The van der Waals surface area contributed by atoms with Crippen molar-refractivity contribution in [2.45, 2.75) is 46.1 Å². The molecule has 0 radical (unpaired) electrons. The summed E-state index contributed by atoms with van der Waals surface area (Å²) in [6, 6.07) is 12.6. The van der Waals surface area contributed by atoms with Crippen molar-refractivity contribution < 1.29 is 9.53 Å². The minimum atomic E-state index is -0.0306. The van der Waals surface area contributed by atoms with E-state index in [9.17, 15) is 4.79 Å². The third-order valence-electron chi connectivity index (χ3n) is 5.69. The zero-order chi connectivity index (χ0) is 19.8. The smallest absolute Gasteiger partial charge is 0.221 e. The quantitative estimate of drug-likeness (QED) is 0.647. The summed E-state index contributed by atoms with van der Waals surface area (Å²) in [5, 5.41) is 5.00. The van der Waals surface area contributed by atoms with Crippen LogP contribution in [0.4, 0.5) is 5.69 Å². The molecule has 2 aromatic rings. The Morgan fingerprint density at radius 1 is 1.21 bits per heavy atom. The standard InChI is InChI=1S/C23H32N2O2S/c1-3-27-18-23(11-10-22-5-4-16-28-22)12-14-25(15-13-23)17-20-6-8-21(9-7-20)24-19(2)26/h4-9,16H,3,10-15,17-18H2,1-2H3,(H,24,26). The van der Waals surface area contributed by atoms with Gasteiger partial charge in [0.15, 0.2) is 0 Å². The summed E-state index contributed by atoms with van der Waals surface area (Å²) in [5.41, 5.74) is 2.47.